The molecule has 3 nitrogen and oxygen atoms in total. The molecule has 1 N–H and O–H groups in total. The van der Waals surface area contributed by atoms with Crippen molar-refractivity contribution in [3.8, 4) is 5.75 Å². The maximum Gasteiger partial charge on any atom is 0.258 e. The fraction of sp³-hybridized carbons (Fsp3) is 0.278. The second-order valence-electron chi connectivity index (χ2n) is 5.39. The van der Waals surface area contributed by atoms with Gasteiger partial charge in [0.2, 0.25) is 0 Å². The monoisotopic (exact) mass is 301 g/mol. The maximum absolute atomic E-state index is 12.8. The summed E-state index contributed by atoms with van der Waals surface area (Å²) in [7, 11) is 0. The van der Waals surface area contributed by atoms with E-state index in [0.717, 1.165) is 16.7 Å². The molecule has 22 heavy (non-hydrogen) atoms. The van der Waals surface area contributed by atoms with Gasteiger partial charge in [0, 0.05) is 0 Å². The van der Waals surface area contributed by atoms with E-state index in [1.807, 2.05) is 32.9 Å². The van der Waals surface area contributed by atoms with Gasteiger partial charge in [-0.15, -0.1) is 0 Å². The average molecular weight is 301 g/mol. The first kappa shape index (κ1) is 16.0. The molecule has 1 unspecified atom stereocenters. The van der Waals surface area contributed by atoms with E-state index in [4.69, 9.17) is 4.74 Å². The highest BCUT2D eigenvalue weighted by atomic mass is 19.1. The van der Waals surface area contributed by atoms with Gasteiger partial charge in [-0.25, -0.2) is 4.39 Å². The second-order valence-corrected chi connectivity index (χ2v) is 5.39. The predicted octanol–water partition coefficient (Wildman–Crippen LogP) is 3.70. The summed E-state index contributed by atoms with van der Waals surface area (Å²) < 4.78 is 18.1. The van der Waals surface area contributed by atoms with Crippen LogP contribution in [-0.4, -0.2) is 12.5 Å². The summed E-state index contributed by atoms with van der Waals surface area (Å²) in [5, 5.41) is 2.91. The lowest BCUT2D eigenvalue weighted by Gasteiger charge is -2.17. The number of carbonyl (C=O) groups excluding carboxylic acids is 1. The molecule has 4 heteroatoms. The highest BCUT2D eigenvalue weighted by Gasteiger charge is 2.12. The lowest BCUT2D eigenvalue weighted by Crippen LogP contribution is -2.31. The molecule has 0 fully saturated rings. The van der Waals surface area contributed by atoms with Gasteiger partial charge >= 0.3 is 0 Å². The number of rotatable bonds is 5. The average Bonchev–Trinajstić information content (AvgIpc) is 2.49. The van der Waals surface area contributed by atoms with E-state index in [1.165, 1.54) is 24.3 Å². The lowest BCUT2D eigenvalue weighted by molar-refractivity contribution is -0.123. The van der Waals surface area contributed by atoms with Gasteiger partial charge in [0.1, 0.15) is 11.6 Å². The zero-order chi connectivity index (χ0) is 16.1. The van der Waals surface area contributed by atoms with Crippen molar-refractivity contribution in [3.63, 3.8) is 0 Å². The summed E-state index contributed by atoms with van der Waals surface area (Å²) in [5.74, 6) is -0.0750. The molecule has 0 radical (unpaired) electrons. The number of benzene rings is 2. The topological polar surface area (TPSA) is 38.3 Å². The van der Waals surface area contributed by atoms with Gasteiger partial charge in [-0.3, -0.25) is 4.79 Å². The maximum atomic E-state index is 12.8. The molecule has 0 heterocycles. The van der Waals surface area contributed by atoms with Crippen molar-refractivity contribution < 1.29 is 13.9 Å². The van der Waals surface area contributed by atoms with Crippen LogP contribution in [0.5, 0.6) is 5.75 Å². The van der Waals surface area contributed by atoms with Crippen LogP contribution in [0.15, 0.2) is 42.5 Å². The molecule has 0 aromatic heterocycles. The van der Waals surface area contributed by atoms with Crippen LogP contribution in [0.1, 0.15) is 29.7 Å². The van der Waals surface area contributed by atoms with Gasteiger partial charge in [0.05, 0.1) is 6.04 Å². The Hall–Kier alpha value is -2.36. The molecular weight excluding hydrogens is 281 g/mol. The molecule has 2 aromatic carbocycles. The van der Waals surface area contributed by atoms with Crippen LogP contribution < -0.4 is 10.1 Å². The highest BCUT2D eigenvalue weighted by Crippen LogP contribution is 2.19. The minimum absolute atomic E-state index is 0.0933. The molecule has 1 atom stereocenters. The molecule has 1 amide bonds. The molecule has 0 spiro atoms. The first-order valence-corrected chi connectivity index (χ1v) is 7.20. The SMILES string of the molecule is Cc1ccc(C)c(C(C)NC(=O)COc2ccc(F)cc2)c1. The van der Waals surface area contributed by atoms with Gasteiger partial charge in [-0.2, -0.15) is 0 Å². The molecule has 0 aliphatic rings. The molecule has 0 saturated heterocycles. The number of hydrogen-bond acceptors (Lipinski definition) is 2. The Balaban J connectivity index is 1.91. The summed E-state index contributed by atoms with van der Waals surface area (Å²) >= 11 is 0. The van der Waals surface area contributed by atoms with E-state index in [0.29, 0.717) is 5.75 Å². The largest absolute Gasteiger partial charge is 0.484 e. The summed E-state index contributed by atoms with van der Waals surface area (Å²) in [6.45, 7) is 5.89. The molecule has 0 saturated carbocycles. The van der Waals surface area contributed by atoms with Gasteiger partial charge in [-0.1, -0.05) is 23.8 Å². The first-order chi connectivity index (χ1) is 10.5. The molecular formula is C18H20FNO2. The Morgan fingerprint density at radius 2 is 1.86 bits per heavy atom. The summed E-state index contributed by atoms with van der Waals surface area (Å²) in [4.78, 5) is 12.0. The number of hydrogen-bond donors (Lipinski definition) is 1. The first-order valence-electron chi connectivity index (χ1n) is 7.20. The van der Waals surface area contributed by atoms with E-state index in [2.05, 4.69) is 11.4 Å². The Bertz CT molecular complexity index is 653. The van der Waals surface area contributed by atoms with Gasteiger partial charge in [0.25, 0.3) is 5.91 Å². The van der Waals surface area contributed by atoms with Crippen LogP contribution >= 0.6 is 0 Å². The Morgan fingerprint density at radius 3 is 2.55 bits per heavy atom. The molecule has 0 aliphatic carbocycles. The van der Waals surface area contributed by atoms with Crippen molar-refractivity contribution in [2.75, 3.05) is 6.61 Å². The van der Waals surface area contributed by atoms with Crippen molar-refractivity contribution in [3.05, 3.63) is 65.0 Å². The lowest BCUT2D eigenvalue weighted by atomic mass is 10.00. The summed E-state index contributed by atoms with van der Waals surface area (Å²) in [5.41, 5.74) is 3.39. The summed E-state index contributed by atoms with van der Waals surface area (Å²) in [6, 6.07) is 11.7. The van der Waals surface area contributed by atoms with E-state index < -0.39 is 0 Å². The van der Waals surface area contributed by atoms with Crippen LogP contribution in [0.3, 0.4) is 0 Å². The number of nitrogens with one attached hydrogen (secondary N) is 1. The second kappa shape index (κ2) is 7.07. The third-order valence-corrected chi connectivity index (χ3v) is 3.46. The van der Waals surface area contributed by atoms with Gasteiger partial charge < -0.3 is 10.1 Å². The van der Waals surface area contributed by atoms with Crippen LogP contribution in [0, 0.1) is 19.7 Å². The minimum Gasteiger partial charge on any atom is -0.484 e. The number of amides is 1. The van der Waals surface area contributed by atoms with Crippen LogP contribution in [0.25, 0.3) is 0 Å². The van der Waals surface area contributed by atoms with E-state index in [9.17, 15) is 9.18 Å². The molecule has 0 aliphatic heterocycles. The Kier molecular flexibility index (Phi) is 5.15. The van der Waals surface area contributed by atoms with Gasteiger partial charge in [0.15, 0.2) is 6.61 Å². The number of carbonyl (C=O) groups is 1. The smallest absolute Gasteiger partial charge is 0.258 e. The molecule has 2 aromatic rings. The van der Waals surface area contributed by atoms with Crippen LogP contribution in [-0.2, 0) is 4.79 Å². The Labute approximate surface area is 130 Å². The normalized spacial score (nSPS) is 11.8. The van der Waals surface area contributed by atoms with E-state index in [1.54, 1.807) is 0 Å². The quantitative estimate of drug-likeness (QED) is 0.914. The van der Waals surface area contributed by atoms with Crippen molar-refractivity contribution in [1.29, 1.82) is 0 Å². The third-order valence-electron chi connectivity index (χ3n) is 3.46. The molecule has 0 bridgehead atoms. The van der Waals surface area contributed by atoms with Crippen LogP contribution in [0.4, 0.5) is 4.39 Å². The number of ether oxygens (including phenoxy) is 1. The predicted molar refractivity (Wildman–Crippen MR) is 84.4 cm³/mol. The minimum atomic E-state index is -0.333. The molecule has 2 rings (SSSR count). The zero-order valence-electron chi connectivity index (χ0n) is 13.0. The van der Waals surface area contributed by atoms with Crippen molar-refractivity contribution >= 4 is 5.91 Å². The van der Waals surface area contributed by atoms with Crippen molar-refractivity contribution in [2.24, 2.45) is 0 Å². The standard InChI is InChI=1S/C18H20FNO2/c1-12-4-5-13(2)17(10-12)14(3)20-18(21)11-22-16-8-6-15(19)7-9-16/h4-10,14H,11H2,1-3H3,(H,20,21). The van der Waals surface area contributed by atoms with Crippen molar-refractivity contribution in [2.45, 2.75) is 26.8 Å². The number of halogens is 1. The highest BCUT2D eigenvalue weighted by molar-refractivity contribution is 5.78. The van der Waals surface area contributed by atoms with E-state index in [-0.39, 0.29) is 24.4 Å². The fourth-order valence-corrected chi connectivity index (χ4v) is 2.27. The van der Waals surface area contributed by atoms with Crippen molar-refractivity contribution in [1.82, 2.24) is 5.32 Å². The van der Waals surface area contributed by atoms with Gasteiger partial charge in [-0.05, 0) is 56.2 Å². The van der Waals surface area contributed by atoms with Crippen LogP contribution in [0.2, 0.25) is 0 Å². The third kappa shape index (κ3) is 4.32. The zero-order valence-corrected chi connectivity index (χ0v) is 13.0. The molecule has 116 valence electrons. The Morgan fingerprint density at radius 1 is 1.18 bits per heavy atom. The number of aryl methyl sites for hydroxylation is 2. The fourth-order valence-electron chi connectivity index (χ4n) is 2.27. The summed E-state index contributed by atoms with van der Waals surface area (Å²) in [6.07, 6.45) is 0. The van der Waals surface area contributed by atoms with E-state index >= 15 is 0 Å².